The van der Waals surface area contributed by atoms with E-state index in [0.29, 0.717) is 37.6 Å². The Morgan fingerprint density at radius 1 is 1.03 bits per heavy atom. The van der Waals surface area contributed by atoms with E-state index < -0.39 is 0 Å². The molecular weight excluding hydrogens is 380 g/mol. The molecule has 2 atom stereocenters. The first kappa shape index (κ1) is 21.8. The minimum absolute atomic E-state index is 0.0123. The second kappa shape index (κ2) is 10.3. The van der Waals surface area contributed by atoms with Gasteiger partial charge in [0.25, 0.3) is 5.91 Å². The second-order valence-electron chi connectivity index (χ2n) is 7.70. The third-order valence-electron chi connectivity index (χ3n) is 5.61. The standard InChI is InChI=1S/C24H30N2O4/c1-17-5-7-18(8-6-17)21-15-26(16-22(21)23(27)25-13-4-14-29-2)24(28)19-9-11-20(30-3)12-10-19/h5-12,21-22H,4,13-16H2,1-3H3,(H,25,27)/t21-,22-/m0/s1. The van der Waals surface area contributed by atoms with Gasteiger partial charge in [-0.15, -0.1) is 0 Å². The van der Waals surface area contributed by atoms with Crippen molar-refractivity contribution in [3.8, 4) is 5.75 Å². The smallest absolute Gasteiger partial charge is 0.253 e. The molecule has 2 aromatic carbocycles. The normalized spacial score (nSPS) is 18.3. The maximum absolute atomic E-state index is 13.1. The fourth-order valence-electron chi connectivity index (χ4n) is 3.86. The van der Waals surface area contributed by atoms with Crippen molar-refractivity contribution in [1.82, 2.24) is 10.2 Å². The molecule has 0 aromatic heterocycles. The number of carbonyl (C=O) groups is 2. The summed E-state index contributed by atoms with van der Waals surface area (Å²) in [6.45, 7) is 4.13. The summed E-state index contributed by atoms with van der Waals surface area (Å²) in [6, 6.07) is 15.3. The first-order chi connectivity index (χ1) is 14.5. The van der Waals surface area contributed by atoms with Gasteiger partial charge in [-0.1, -0.05) is 29.8 Å². The Bertz CT molecular complexity index is 849. The highest BCUT2D eigenvalue weighted by Crippen LogP contribution is 2.34. The summed E-state index contributed by atoms with van der Waals surface area (Å²) in [6.07, 6.45) is 0.763. The Morgan fingerprint density at radius 2 is 1.73 bits per heavy atom. The second-order valence-corrected chi connectivity index (χ2v) is 7.70. The number of aryl methyl sites for hydroxylation is 1. The van der Waals surface area contributed by atoms with Crippen LogP contribution in [0.25, 0.3) is 0 Å². The van der Waals surface area contributed by atoms with Crippen molar-refractivity contribution < 1.29 is 19.1 Å². The van der Waals surface area contributed by atoms with Crippen molar-refractivity contribution in [3.05, 3.63) is 65.2 Å². The number of nitrogens with one attached hydrogen (secondary N) is 1. The highest BCUT2D eigenvalue weighted by atomic mass is 16.5. The lowest BCUT2D eigenvalue weighted by molar-refractivity contribution is -0.124. The van der Waals surface area contributed by atoms with Crippen LogP contribution < -0.4 is 10.1 Å². The molecule has 1 fully saturated rings. The summed E-state index contributed by atoms with van der Waals surface area (Å²) in [4.78, 5) is 27.8. The van der Waals surface area contributed by atoms with Gasteiger partial charge in [0.05, 0.1) is 13.0 Å². The van der Waals surface area contributed by atoms with Crippen molar-refractivity contribution >= 4 is 11.8 Å². The van der Waals surface area contributed by atoms with Gasteiger partial charge in [-0.2, -0.15) is 0 Å². The topological polar surface area (TPSA) is 67.9 Å². The lowest BCUT2D eigenvalue weighted by Gasteiger charge is -2.18. The van der Waals surface area contributed by atoms with Crippen LogP contribution in [0.3, 0.4) is 0 Å². The van der Waals surface area contributed by atoms with Gasteiger partial charge in [0.2, 0.25) is 5.91 Å². The molecule has 0 saturated carbocycles. The van der Waals surface area contributed by atoms with Crippen LogP contribution in [-0.2, 0) is 9.53 Å². The average Bonchev–Trinajstić information content (AvgIpc) is 3.22. The van der Waals surface area contributed by atoms with Crippen molar-refractivity contribution in [2.45, 2.75) is 19.3 Å². The van der Waals surface area contributed by atoms with E-state index in [4.69, 9.17) is 9.47 Å². The van der Waals surface area contributed by atoms with Gasteiger partial charge < -0.3 is 19.7 Å². The van der Waals surface area contributed by atoms with Crippen molar-refractivity contribution in [3.63, 3.8) is 0 Å². The summed E-state index contributed by atoms with van der Waals surface area (Å²) in [5, 5.41) is 3.01. The minimum atomic E-state index is -0.280. The molecule has 1 saturated heterocycles. The number of amides is 2. The molecule has 0 unspecified atom stereocenters. The van der Waals surface area contributed by atoms with E-state index in [0.717, 1.165) is 12.0 Å². The average molecular weight is 411 g/mol. The maximum Gasteiger partial charge on any atom is 0.253 e. The van der Waals surface area contributed by atoms with Crippen LogP contribution in [0.5, 0.6) is 5.75 Å². The third-order valence-corrected chi connectivity index (χ3v) is 5.61. The van der Waals surface area contributed by atoms with Crippen LogP contribution in [-0.4, -0.2) is 57.2 Å². The number of carbonyl (C=O) groups excluding carboxylic acids is 2. The zero-order chi connectivity index (χ0) is 21.5. The number of likely N-dealkylation sites (tertiary alicyclic amines) is 1. The fourth-order valence-corrected chi connectivity index (χ4v) is 3.86. The van der Waals surface area contributed by atoms with Crippen LogP contribution >= 0.6 is 0 Å². The Balaban J connectivity index is 1.77. The summed E-state index contributed by atoms with van der Waals surface area (Å²) >= 11 is 0. The fraction of sp³-hybridized carbons (Fsp3) is 0.417. The van der Waals surface area contributed by atoms with E-state index in [9.17, 15) is 9.59 Å². The third kappa shape index (κ3) is 5.19. The molecule has 0 spiro atoms. The molecule has 1 heterocycles. The molecule has 160 valence electrons. The Kier molecular flexibility index (Phi) is 7.46. The van der Waals surface area contributed by atoms with E-state index in [-0.39, 0.29) is 23.7 Å². The monoisotopic (exact) mass is 410 g/mol. The van der Waals surface area contributed by atoms with Crippen LogP contribution in [0.4, 0.5) is 0 Å². The van der Waals surface area contributed by atoms with E-state index in [2.05, 4.69) is 29.6 Å². The van der Waals surface area contributed by atoms with Gasteiger partial charge in [-0.05, 0) is 43.2 Å². The Hall–Kier alpha value is -2.86. The zero-order valence-corrected chi connectivity index (χ0v) is 17.9. The van der Waals surface area contributed by atoms with Gasteiger partial charge in [0.1, 0.15) is 5.75 Å². The largest absolute Gasteiger partial charge is 0.497 e. The number of nitrogens with zero attached hydrogens (tertiary/aromatic N) is 1. The van der Waals surface area contributed by atoms with Crippen LogP contribution in [0, 0.1) is 12.8 Å². The van der Waals surface area contributed by atoms with Crippen LogP contribution in [0.15, 0.2) is 48.5 Å². The maximum atomic E-state index is 13.1. The van der Waals surface area contributed by atoms with Gasteiger partial charge >= 0.3 is 0 Å². The van der Waals surface area contributed by atoms with E-state index >= 15 is 0 Å². The summed E-state index contributed by atoms with van der Waals surface area (Å²) in [5.41, 5.74) is 2.85. The van der Waals surface area contributed by atoms with Gasteiger partial charge in [-0.3, -0.25) is 9.59 Å². The van der Waals surface area contributed by atoms with E-state index in [1.54, 1.807) is 43.4 Å². The number of ether oxygens (including phenoxy) is 2. The molecule has 1 aliphatic rings. The summed E-state index contributed by atoms with van der Waals surface area (Å²) in [5.74, 6) is 0.317. The van der Waals surface area contributed by atoms with E-state index in [1.807, 2.05) is 6.92 Å². The number of hydrogen-bond donors (Lipinski definition) is 1. The molecule has 2 aromatic rings. The zero-order valence-electron chi connectivity index (χ0n) is 17.9. The molecule has 0 radical (unpaired) electrons. The molecular formula is C24H30N2O4. The Labute approximate surface area is 178 Å². The predicted molar refractivity (Wildman–Crippen MR) is 116 cm³/mol. The molecule has 2 amide bonds. The highest BCUT2D eigenvalue weighted by molar-refractivity contribution is 5.95. The Morgan fingerprint density at radius 3 is 2.37 bits per heavy atom. The lowest BCUT2D eigenvalue weighted by atomic mass is 9.88. The highest BCUT2D eigenvalue weighted by Gasteiger charge is 2.40. The van der Waals surface area contributed by atoms with Crippen LogP contribution in [0.1, 0.15) is 33.8 Å². The van der Waals surface area contributed by atoms with Crippen molar-refractivity contribution in [2.75, 3.05) is 40.5 Å². The van der Waals surface area contributed by atoms with Gasteiger partial charge in [-0.25, -0.2) is 0 Å². The van der Waals surface area contributed by atoms with Gasteiger partial charge in [0.15, 0.2) is 0 Å². The molecule has 3 rings (SSSR count). The molecule has 0 bridgehead atoms. The predicted octanol–water partition coefficient (Wildman–Crippen LogP) is 3.01. The number of methoxy groups -OCH3 is 2. The molecule has 30 heavy (non-hydrogen) atoms. The van der Waals surface area contributed by atoms with Gasteiger partial charge in [0, 0.05) is 44.8 Å². The SMILES string of the molecule is COCCCNC(=O)[C@H]1CN(C(=O)c2ccc(OC)cc2)C[C@H]1c1ccc(C)cc1. The summed E-state index contributed by atoms with van der Waals surface area (Å²) in [7, 11) is 3.24. The molecule has 6 nitrogen and oxygen atoms in total. The quantitative estimate of drug-likeness (QED) is 0.680. The minimum Gasteiger partial charge on any atom is -0.497 e. The van der Waals surface area contributed by atoms with E-state index in [1.165, 1.54) is 5.56 Å². The molecule has 6 heteroatoms. The number of hydrogen-bond acceptors (Lipinski definition) is 4. The number of benzene rings is 2. The molecule has 1 N–H and O–H groups in total. The molecule has 1 aliphatic heterocycles. The van der Waals surface area contributed by atoms with Crippen molar-refractivity contribution in [1.29, 1.82) is 0 Å². The summed E-state index contributed by atoms with van der Waals surface area (Å²) < 4.78 is 10.2. The lowest BCUT2D eigenvalue weighted by Crippen LogP contribution is -2.36. The van der Waals surface area contributed by atoms with Crippen molar-refractivity contribution in [2.24, 2.45) is 5.92 Å². The first-order valence-electron chi connectivity index (χ1n) is 10.3. The first-order valence-corrected chi connectivity index (χ1v) is 10.3. The van der Waals surface area contributed by atoms with Crippen LogP contribution in [0.2, 0.25) is 0 Å². The molecule has 0 aliphatic carbocycles. The number of rotatable bonds is 8.